The van der Waals surface area contributed by atoms with Crippen molar-refractivity contribution in [3.8, 4) is 11.4 Å². The van der Waals surface area contributed by atoms with Gasteiger partial charge in [0.15, 0.2) is 17.3 Å². The minimum Gasteiger partial charge on any atom is -0.869 e. The van der Waals surface area contributed by atoms with E-state index in [9.17, 15) is 69.2 Å². The maximum atomic E-state index is 11.8. The van der Waals surface area contributed by atoms with Crippen molar-refractivity contribution in [3.05, 3.63) is 192 Å². The van der Waals surface area contributed by atoms with E-state index in [0.29, 0.717) is 0 Å². The van der Waals surface area contributed by atoms with Gasteiger partial charge < -0.3 is 15.3 Å². The normalized spacial score (nSPS) is 11.8. The van der Waals surface area contributed by atoms with Crippen LogP contribution in [0.3, 0.4) is 0 Å². The molecule has 0 aliphatic carbocycles. The Kier molecular flexibility index (Phi) is 20.9. The molecule has 0 amide bonds. The van der Waals surface area contributed by atoms with E-state index in [-0.39, 0.29) is 72.2 Å². The minimum atomic E-state index is -5.00. The van der Waals surface area contributed by atoms with Gasteiger partial charge in [-0.1, -0.05) is 103 Å². The summed E-state index contributed by atoms with van der Waals surface area (Å²) in [7, 11) is 0. The summed E-state index contributed by atoms with van der Waals surface area (Å²) in [5.41, 5.74) is 1.98. The topological polar surface area (TPSA) is 146 Å². The van der Waals surface area contributed by atoms with Crippen molar-refractivity contribution in [1.82, 2.24) is 9.97 Å². The molecule has 18 heteroatoms. The number of halogens is 9. The second kappa shape index (κ2) is 24.1. The maximum absolute atomic E-state index is 11.8. The molecule has 58 heavy (non-hydrogen) atoms. The molecule has 307 valence electrons. The van der Waals surface area contributed by atoms with Crippen molar-refractivity contribution >= 4 is 17.3 Å². The van der Waals surface area contributed by atoms with Gasteiger partial charge in [-0.15, -0.1) is 0 Å². The Morgan fingerprint density at radius 2 is 0.621 bits per heavy atom. The number of aromatic nitrogens is 2. The fraction of sp³-hybridized carbons (Fsp3) is 0.0750. The van der Waals surface area contributed by atoms with Gasteiger partial charge in [-0.3, -0.25) is 24.4 Å². The predicted molar refractivity (Wildman–Crippen MR) is 182 cm³/mol. The molecule has 3 aromatic carbocycles. The second-order valence-corrected chi connectivity index (χ2v) is 10.6. The molecule has 0 atom stereocenters. The third kappa shape index (κ3) is 18.9. The zero-order valence-corrected chi connectivity index (χ0v) is 30.9. The summed E-state index contributed by atoms with van der Waals surface area (Å²) in [4.78, 5) is 41.7. The molecule has 0 aliphatic rings. The Morgan fingerprint density at radius 3 is 0.810 bits per heavy atom. The van der Waals surface area contributed by atoms with E-state index in [1.807, 2.05) is 36.4 Å². The third-order valence-corrected chi connectivity index (χ3v) is 6.39. The van der Waals surface area contributed by atoms with Crippen LogP contribution in [0.2, 0.25) is 0 Å². The van der Waals surface area contributed by atoms with Gasteiger partial charge in [0, 0.05) is 29.1 Å². The van der Waals surface area contributed by atoms with Crippen molar-refractivity contribution in [2.45, 2.75) is 18.5 Å². The van der Waals surface area contributed by atoms with Gasteiger partial charge in [0.1, 0.15) is 0 Å². The van der Waals surface area contributed by atoms with Crippen LogP contribution in [0.5, 0.6) is 0 Å². The number of carbonyl (C=O) groups excluding carboxylic acids is 3. The smallest absolute Gasteiger partial charge is 0.869 e. The van der Waals surface area contributed by atoms with Crippen LogP contribution in [0.4, 0.5) is 39.5 Å². The van der Waals surface area contributed by atoms with Gasteiger partial charge in [0.25, 0.3) is 0 Å². The van der Waals surface area contributed by atoms with Crippen LogP contribution in [0, 0.1) is 37.3 Å². The number of allylic oxidation sites excluding steroid dienone is 6. The largest absolute Gasteiger partial charge is 3.00 e. The van der Waals surface area contributed by atoms with Crippen LogP contribution < -0.4 is 15.3 Å². The van der Waals surface area contributed by atoms with Crippen LogP contribution in [0.25, 0.3) is 11.4 Å². The van der Waals surface area contributed by atoms with Crippen LogP contribution in [0.1, 0.15) is 31.1 Å². The number of carbonyl (C=O) groups is 3. The number of rotatable bonds is 7. The first-order chi connectivity index (χ1) is 26.7. The standard InChI is InChI=1S/3C10H7F3O2.C10H8N2.Er/c3*11-10(12,13)9(15)6-8(14)7-4-2-1-3-5-7;1-3-7-11-9(5-1)10-6-2-4-8-12-10;/h3*1-6,15H;1-8H;/q;;;;+3/p-3/b3*9-6-;;. The fourth-order valence-corrected chi connectivity index (χ4v) is 3.69. The van der Waals surface area contributed by atoms with Crippen molar-refractivity contribution in [1.29, 1.82) is 0 Å². The SMILES string of the molecule is O=C(/C=C(\[O-])C(F)(F)F)c1ccccc1.O=C(/C=C(\[O-])C(F)(F)F)c1ccccc1.O=C(/C=C(\[O-])C(F)(F)F)c1ccccc1.[Er+3].c1ccc(-c2ccccn2)nc1. The molecule has 0 fully saturated rings. The Morgan fingerprint density at radius 1 is 0.397 bits per heavy atom. The Bertz CT molecular complexity index is 1890. The van der Waals surface area contributed by atoms with E-state index in [0.717, 1.165) is 11.4 Å². The zero-order chi connectivity index (χ0) is 42.6. The molecular formula is C40H26ErF9N2O6. The molecule has 1 radical (unpaired) electrons. The van der Waals surface area contributed by atoms with Gasteiger partial charge in [0.2, 0.25) is 0 Å². The Hall–Kier alpha value is -5.79. The molecule has 2 heterocycles. The average molecular weight is 969 g/mol. The monoisotopic (exact) mass is 967 g/mol. The van der Waals surface area contributed by atoms with Gasteiger partial charge in [-0.05, 0) is 59.8 Å². The Labute approximate surface area is 353 Å². The summed E-state index contributed by atoms with van der Waals surface area (Å²) in [6.07, 6.45) is -11.3. The quantitative estimate of drug-likeness (QED) is 0.0723. The number of pyridine rings is 2. The van der Waals surface area contributed by atoms with Gasteiger partial charge in [-0.25, -0.2) is 0 Å². The van der Waals surface area contributed by atoms with Crippen molar-refractivity contribution in [2.75, 3.05) is 0 Å². The van der Waals surface area contributed by atoms with E-state index < -0.39 is 53.2 Å². The number of ketones is 3. The molecule has 5 rings (SSSR count). The van der Waals surface area contributed by atoms with Crippen molar-refractivity contribution in [3.63, 3.8) is 0 Å². The van der Waals surface area contributed by atoms with Crippen LogP contribution in [-0.2, 0) is 0 Å². The molecule has 0 saturated heterocycles. The van der Waals surface area contributed by atoms with E-state index in [1.54, 1.807) is 30.6 Å². The summed E-state index contributed by atoms with van der Waals surface area (Å²) < 4.78 is 106. The molecule has 0 bridgehead atoms. The first-order valence-electron chi connectivity index (χ1n) is 15.7. The third-order valence-electron chi connectivity index (χ3n) is 6.39. The molecule has 0 aliphatic heterocycles. The molecule has 0 saturated carbocycles. The van der Waals surface area contributed by atoms with Crippen molar-refractivity contribution in [2.24, 2.45) is 0 Å². The molecule has 5 aromatic rings. The van der Waals surface area contributed by atoms with Crippen LogP contribution >= 0.6 is 0 Å². The van der Waals surface area contributed by atoms with Crippen molar-refractivity contribution < 1.29 is 107 Å². The average Bonchev–Trinajstić information content (AvgIpc) is 3.19. The van der Waals surface area contributed by atoms with Gasteiger partial charge in [-0.2, -0.15) is 39.5 Å². The minimum absolute atomic E-state index is 0. The predicted octanol–water partition coefficient (Wildman–Crippen LogP) is 7.17. The Balaban J connectivity index is 0.000000385. The maximum Gasteiger partial charge on any atom is 3.00 e. The van der Waals surface area contributed by atoms with Crippen LogP contribution in [0.15, 0.2) is 175 Å². The number of nitrogens with zero attached hydrogens (tertiary/aromatic N) is 2. The van der Waals surface area contributed by atoms with E-state index in [4.69, 9.17) is 0 Å². The summed E-state index contributed by atoms with van der Waals surface area (Å²) in [5.74, 6) is -9.27. The number of hydrogen-bond acceptors (Lipinski definition) is 8. The van der Waals surface area contributed by atoms with Crippen LogP contribution in [-0.4, -0.2) is 45.8 Å². The zero-order valence-electron chi connectivity index (χ0n) is 29.0. The first kappa shape index (κ1) is 50.2. The molecule has 0 unspecified atom stereocenters. The molecule has 0 N–H and O–H groups in total. The summed E-state index contributed by atoms with van der Waals surface area (Å²) >= 11 is 0. The van der Waals surface area contributed by atoms with E-state index in [2.05, 4.69) is 9.97 Å². The van der Waals surface area contributed by atoms with Gasteiger partial charge >= 0.3 is 55.8 Å². The number of hydrogen-bond donors (Lipinski definition) is 0. The van der Waals surface area contributed by atoms with E-state index >= 15 is 0 Å². The molecule has 2 aromatic heterocycles. The van der Waals surface area contributed by atoms with E-state index in [1.165, 1.54) is 72.8 Å². The summed E-state index contributed by atoms with van der Waals surface area (Å²) in [5, 5.41) is 31.3. The second-order valence-electron chi connectivity index (χ2n) is 10.6. The van der Waals surface area contributed by atoms with Gasteiger partial charge in [0.05, 0.1) is 11.4 Å². The number of benzene rings is 3. The summed E-state index contributed by atoms with van der Waals surface area (Å²) in [6.45, 7) is 0. The summed E-state index contributed by atoms with van der Waals surface area (Å²) in [6, 6.07) is 33.4. The number of alkyl halides is 9. The molecular weight excluding hydrogens is 943 g/mol. The fourth-order valence-electron chi connectivity index (χ4n) is 3.69. The first-order valence-corrected chi connectivity index (χ1v) is 15.7. The molecule has 0 spiro atoms. The molecule has 8 nitrogen and oxygen atoms in total.